The van der Waals surface area contributed by atoms with Gasteiger partial charge in [-0.3, -0.25) is 4.79 Å². The van der Waals surface area contributed by atoms with Crippen LogP contribution in [0.15, 0.2) is 88.3 Å². The van der Waals surface area contributed by atoms with Crippen LogP contribution in [0.25, 0.3) is 5.69 Å². The third-order valence-corrected chi connectivity index (χ3v) is 6.33. The molecule has 0 saturated heterocycles. The summed E-state index contributed by atoms with van der Waals surface area (Å²) in [6, 6.07) is 25.6. The Morgan fingerprint density at radius 1 is 0.969 bits per heavy atom. The van der Waals surface area contributed by atoms with Crippen molar-refractivity contribution in [2.45, 2.75) is 13.0 Å². The van der Waals surface area contributed by atoms with Crippen molar-refractivity contribution in [1.82, 2.24) is 9.78 Å². The maximum absolute atomic E-state index is 13.2. The molecule has 3 heterocycles. The van der Waals surface area contributed by atoms with E-state index in [0.29, 0.717) is 11.7 Å². The lowest BCUT2D eigenvalue weighted by atomic mass is 9.93. The first-order chi connectivity index (χ1) is 15.6. The molecule has 3 aromatic carbocycles. The Kier molecular flexibility index (Phi) is 4.26. The van der Waals surface area contributed by atoms with Crippen molar-refractivity contribution in [3.05, 3.63) is 100 Å². The van der Waals surface area contributed by atoms with Gasteiger partial charge in [-0.25, -0.2) is 9.67 Å². The highest BCUT2D eigenvalue weighted by molar-refractivity contribution is 9.10. The maximum Gasteiger partial charge on any atom is 0.291 e. The van der Waals surface area contributed by atoms with Gasteiger partial charge in [0.05, 0.1) is 28.8 Å². The molecule has 32 heavy (non-hydrogen) atoms. The lowest BCUT2D eigenvalue weighted by Gasteiger charge is -2.40. The highest BCUT2D eigenvalue weighted by atomic mass is 79.9. The molecule has 1 N–H and O–H groups in total. The van der Waals surface area contributed by atoms with Crippen LogP contribution in [0.2, 0.25) is 0 Å². The van der Waals surface area contributed by atoms with Gasteiger partial charge in [0.25, 0.3) is 5.91 Å². The minimum Gasteiger partial charge on any atom is -0.317 e. The molecule has 6 rings (SSSR count). The summed E-state index contributed by atoms with van der Waals surface area (Å²) < 4.78 is 2.80. The maximum atomic E-state index is 13.2. The number of benzene rings is 3. The van der Waals surface area contributed by atoms with E-state index < -0.39 is 0 Å². The van der Waals surface area contributed by atoms with Crippen LogP contribution in [0.5, 0.6) is 0 Å². The number of carbonyl (C=O) groups is 1. The fourth-order valence-corrected chi connectivity index (χ4v) is 4.90. The minimum atomic E-state index is -0.250. The van der Waals surface area contributed by atoms with Gasteiger partial charge in [-0.2, -0.15) is 5.10 Å². The van der Waals surface area contributed by atoms with E-state index in [-0.39, 0.29) is 11.9 Å². The number of hydrogen-bond donors (Lipinski definition) is 1. The molecule has 6 nitrogen and oxygen atoms in total. The number of aliphatic imine (C=N–C) groups is 1. The minimum absolute atomic E-state index is 0.229. The Morgan fingerprint density at radius 2 is 1.75 bits per heavy atom. The van der Waals surface area contributed by atoms with Crippen molar-refractivity contribution in [3.8, 4) is 5.69 Å². The van der Waals surface area contributed by atoms with Crippen LogP contribution in [-0.2, 0) is 4.79 Å². The number of para-hydroxylation sites is 3. The summed E-state index contributed by atoms with van der Waals surface area (Å²) in [6.07, 6.45) is 0. The number of halogens is 1. The van der Waals surface area contributed by atoms with Gasteiger partial charge in [0.2, 0.25) is 5.84 Å². The van der Waals surface area contributed by atoms with Gasteiger partial charge in [0.1, 0.15) is 0 Å². The average Bonchev–Trinajstić information content (AvgIpc) is 3.15. The number of amidine groups is 1. The number of fused-ring (bicyclic) bond motifs is 4. The second-order valence-electron chi connectivity index (χ2n) is 7.80. The summed E-state index contributed by atoms with van der Waals surface area (Å²) in [5, 5.41) is 7.83. The van der Waals surface area contributed by atoms with E-state index in [1.807, 2.05) is 83.2 Å². The largest absolute Gasteiger partial charge is 0.317 e. The number of hydrogen-bond acceptors (Lipinski definition) is 4. The second-order valence-corrected chi connectivity index (χ2v) is 8.72. The van der Waals surface area contributed by atoms with Gasteiger partial charge in [-0.15, -0.1) is 0 Å². The smallest absolute Gasteiger partial charge is 0.291 e. The van der Waals surface area contributed by atoms with Crippen LogP contribution in [0.4, 0.5) is 17.2 Å². The third-order valence-electron chi connectivity index (χ3n) is 5.83. The van der Waals surface area contributed by atoms with Crippen molar-refractivity contribution >= 4 is 44.9 Å². The molecule has 0 unspecified atom stereocenters. The van der Waals surface area contributed by atoms with Gasteiger partial charge in [-0.05, 0) is 48.9 Å². The molecule has 156 valence electrons. The normalized spacial score (nSPS) is 16.6. The number of rotatable bonds is 2. The summed E-state index contributed by atoms with van der Waals surface area (Å²) >= 11 is 3.61. The van der Waals surface area contributed by atoms with Crippen LogP contribution in [0.1, 0.15) is 22.9 Å². The number of aryl methyl sites for hydroxylation is 1. The number of nitrogens with one attached hydrogen (secondary N) is 1. The topological polar surface area (TPSA) is 62.5 Å². The molecule has 1 amide bonds. The van der Waals surface area contributed by atoms with E-state index in [4.69, 9.17) is 10.1 Å². The van der Waals surface area contributed by atoms with Crippen molar-refractivity contribution < 1.29 is 4.79 Å². The first-order valence-corrected chi connectivity index (χ1v) is 11.1. The van der Waals surface area contributed by atoms with Crippen LogP contribution in [0, 0.1) is 6.92 Å². The fourth-order valence-electron chi connectivity index (χ4n) is 4.48. The Balaban J connectivity index is 1.67. The number of nitrogens with zero attached hydrogens (tertiary/aromatic N) is 4. The quantitative estimate of drug-likeness (QED) is 0.407. The van der Waals surface area contributed by atoms with Crippen molar-refractivity contribution in [2.75, 3.05) is 10.2 Å². The zero-order chi connectivity index (χ0) is 21.8. The van der Waals surface area contributed by atoms with E-state index in [2.05, 4.69) is 33.4 Å². The van der Waals surface area contributed by atoms with Crippen molar-refractivity contribution in [1.29, 1.82) is 0 Å². The monoisotopic (exact) mass is 483 g/mol. The Labute approximate surface area is 193 Å². The molecule has 7 heteroatoms. The second kappa shape index (κ2) is 7.17. The van der Waals surface area contributed by atoms with Gasteiger partial charge in [-0.1, -0.05) is 58.4 Å². The highest BCUT2D eigenvalue weighted by Gasteiger charge is 2.42. The summed E-state index contributed by atoms with van der Waals surface area (Å²) in [4.78, 5) is 20.1. The summed E-state index contributed by atoms with van der Waals surface area (Å²) in [6.45, 7) is 2.00. The summed E-state index contributed by atoms with van der Waals surface area (Å²) in [5.41, 5.74) is 5.49. The molecule has 0 aliphatic carbocycles. The molecule has 1 atom stereocenters. The van der Waals surface area contributed by atoms with Gasteiger partial charge in [0.15, 0.2) is 5.82 Å². The lowest BCUT2D eigenvalue weighted by Crippen LogP contribution is -2.48. The SMILES string of the molecule is Cc1nn(-c2ccccc2)c2c1[C@@H](c1cccc(Br)c1)N1C(=N2)C(=O)Nc2ccccc21. The van der Waals surface area contributed by atoms with E-state index in [0.717, 1.165) is 38.4 Å². The van der Waals surface area contributed by atoms with E-state index in [9.17, 15) is 4.79 Å². The molecule has 1 aromatic heterocycles. The molecule has 0 radical (unpaired) electrons. The molecule has 2 aliphatic rings. The zero-order valence-corrected chi connectivity index (χ0v) is 18.7. The molecule has 0 saturated carbocycles. The Hall–Kier alpha value is -3.71. The van der Waals surface area contributed by atoms with Crippen molar-refractivity contribution in [2.24, 2.45) is 4.99 Å². The molecule has 2 aliphatic heterocycles. The van der Waals surface area contributed by atoms with Crippen molar-refractivity contribution in [3.63, 3.8) is 0 Å². The lowest BCUT2D eigenvalue weighted by molar-refractivity contribution is -0.110. The number of amides is 1. The van der Waals surface area contributed by atoms with Crippen LogP contribution in [0.3, 0.4) is 0 Å². The molecule has 0 spiro atoms. The highest BCUT2D eigenvalue weighted by Crippen LogP contribution is 2.47. The first kappa shape index (κ1) is 19.0. The first-order valence-electron chi connectivity index (χ1n) is 10.3. The van der Waals surface area contributed by atoms with Crippen LogP contribution in [-0.4, -0.2) is 21.5 Å². The standard InChI is InChI=1S/C25H18BrN5O/c1-15-21-22(16-8-7-9-17(26)14-16)30-20-13-6-5-12-19(20)27-25(32)24(30)28-23(21)31(29-15)18-10-3-2-4-11-18/h2-14,22H,1H3,(H,27,32)/t22-/m1/s1. The van der Waals surface area contributed by atoms with Gasteiger partial charge >= 0.3 is 0 Å². The Morgan fingerprint density at radius 3 is 2.56 bits per heavy atom. The number of aromatic nitrogens is 2. The van der Waals surface area contributed by atoms with Crippen LogP contribution >= 0.6 is 15.9 Å². The number of anilines is 2. The van der Waals surface area contributed by atoms with Crippen LogP contribution < -0.4 is 10.2 Å². The zero-order valence-electron chi connectivity index (χ0n) is 17.2. The molecule has 0 fully saturated rings. The average molecular weight is 484 g/mol. The third kappa shape index (κ3) is 2.81. The molecular formula is C25H18BrN5O. The summed E-state index contributed by atoms with van der Waals surface area (Å²) in [5.74, 6) is 0.811. The molecule has 0 bridgehead atoms. The molecule has 4 aromatic rings. The predicted molar refractivity (Wildman–Crippen MR) is 129 cm³/mol. The molecular weight excluding hydrogens is 466 g/mol. The van der Waals surface area contributed by atoms with E-state index in [1.165, 1.54) is 0 Å². The fraction of sp³-hybridized carbons (Fsp3) is 0.0800. The number of carbonyl (C=O) groups excluding carboxylic acids is 1. The van der Waals surface area contributed by atoms with E-state index in [1.54, 1.807) is 0 Å². The Bertz CT molecular complexity index is 1410. The van der Waals surface area contributed by atoms with Gasteiger partial charge < -0.3 is 10.2 Å². The van der Waals surface area contributed by atoms with Gasteiger partial charge in [0, 0.05) is 10.0 Å². The predicted octanol–water partition coefficient (Wildman–Crippen LogP) is 5.53. The van der Waals surface area contributed by atoms with E-state index >= 15 is 0 Å². The summed E-state index contributed by atoms with van der Waals surface area (Å²) in [7, 11) is 0.